The van der Waals surface area contributed by atoms with Crippen molar-refractivity contribution in [2.24, 2.45) is 0 Å². The van der Waals surface area contributed by atoms with Crippen LogP contribution in [0.4, 0.5) is 0 Å². The van der Waals surface area contributed by atoms with Crippen LogP contribution in [0.1, 0.15) is 153 Å². The Morgan fingerprint density at radius 3 is 1.31 bits per heavy atom. The molecule has 0 aliphatic heterocycles. The van der Waals surface area contributed by atoms with E-state index in [1.807, 2.05) is 0 Å². The van der Waals surface area contributed by atoms with Crippen LogP contribution >= 0.6 is 0 Å². The Labute approximate surface area is 396 Å². The summed E-state index contributed by atoms with van der Waals surface area (Å²) in [4.78, 5) is -0.387. The summed E-state index contributed by atoms with van der Waals surface area (Å²) in [7, 11) is -8.80. The average molecular weight is 907 g/mol. The zero-order chi connectivity index (χ0) is 43.6. The third-order valence-electron chi connectivity index (χ3n) is 10.3. The van der Waals surface area contributed by atoms with Gasteiger partial charge in [-0.1, -0.05) is 148 Å². The van der Waals surface area contributed by atoms with Gasteiger partial charge in [0.25, 0.3) is 10.1 Å². The first-order valence-electron chi connectivity index (χ1n) is 21.9. The zero-order valence-corrected chi connectivity index (χ0v) is 40.2. The molecule has 0 atom stereocenters. The van der Waals surface area contributed by atoms with E-state index in [1.165, 1.54) is 138 Å². The molecule has 0 heterocycles. The largest absolute Gasteiger partial charge is 2.00 e. The first-order valence-corrected chi connectivity index (χ1v) is 24.8. The van der Waals surface area contributed by atoms with E-state index < -0.39 is 20.2 Å². The molecular formula is C48H66CaO10S2. The van der Waals surface area contributed by atoms with E-state index >= 15 is 0 Å². The minimum atomic E-state index is -4.53. The molecule has 0 saturated heterocycles. The number of aromatic hydroxyl groups is 1. The summed E-state index contributed by atoms with van der Waals surface area (Å²) in [5.41, 5.74) is 1.40. The molecule has 0 fully saturated rings. The molecule has 4 aromatic rings. The number of hydrogen-bond donors (Lipinski definition) is 2. The number of aryl methyl sites for hydroxylation is 2. The summed E-state index contributed by atoms with van der Waals surface area (Å²) in [6.45, 7) is 4.45. The quantitative estimate of drug-likeness (QED) is 0.0317. The molecule has 2 N–H and O–H groups in total. The molecule has 13 heteroatoms. The van der Waals surface area contributed by atoms with Crippen molar-refractivity contribution < 1.29 is 45.6 Å². The molecule has 0 aromatic heterocycles. The van der Waals surface area contributed by atoms with Gasteiger partial charge in [-0.3, -0.25) is 4.55 Å². The van der Waals surface area contributed by atoms with Gasteiger partial charge >= 0.3 is 37.7 Å². The molecule has 0 aliphatic carbocycles. The van der Waals surface area contributed by atoms with Crippen molar-refractivity contribution >= 4 is 58.0 Å². The summed E-state index contributed by atoms with van der Waals surface area (Å²) in [5, 5.41) is 21.1. The minimum Gasteiger partial charge on any atom is -0.872 e. The van der Waals surface area contributed by atoms with Crippen molar-refractivity contribution in [1.29, 1.82) is 0 Å². The molecule has 332 valence electrons. The van der Waals surface area contributed by atoms with Gasteiger partial charge in [0.05, 0.1) is 9.79 Å². The molecule has 0 aliphatic rings. The van der Waals surface area contributed by atoms with Gasteiger partial charge in [0, 0.05) is 6.07 Å². The molecule has 4 rings (SSSR count). The molecule has 0 radical (unpaired) electrons. The number of rotatable bonds is 28. The van der Waals surface area contributed by atoms with Crippen molar-refractivity contribution in [3.05, 3.63) is 96.1 Å². The Kier molecular flexibility index (Phi) is 27.0. The van der Waals surface area contributed by atoms with Crippen molar-refractivity contribution in [3.63, 3.8) is 0 Å². The van der Waals surface area contributed by atoms with Crippen molar-refractivity contribution in [1.82, 2.24) is 0 Å². The summed E-state index contributed by atoms with van der Waals surface area (Å²) in [6.07, 6.45) is 25.5. The average Bonchev–Trinajstić information content (AvgIpc) is 3.20. The van der Waals surface area contributed by atoms with Crippen LogP contribution in [0.3, 0.4) is 0 Å². The molecule has 0 saturated carbocycles. The van der Waals surface area contributed by atoms with E-state index in [4.69, 9.17) is 9.47 Å². The fourth-order valence-electron chi connectivity index (χ4n) is 6.96. The van der Waals surface area contributed by atoms with E-state index in [-0.39, 0.29) is 59.0 Å². The molecule has 10 nitrogen and oxygen atoms in total. The number of hydrogen-bond acceptors (Lipinski definition) is 9. The Morgan fingerprint density at radius 1 is 0.508 bits per heavy atom. The van der Waals surface area contributed by atoms with Crippen LogP contribution < -0.4 is 14.6 Å². The van der Waals surface area contributed by atoms with Gasteiger partial charge in [-0.05, 0) is 97.5 Å². The fraction of sp³-hybridized carbons (Fsp3) is 0.500. The number of phenolic OH excluding ortho intramolecular Hbond substituents is 1. The molecule has 4 aromatic carbocycles. The van der Waals surface area contributed by atoms with Crippen molar-refractivity contribution in [2.75, 3.05) is 0 Å². The third-order valence-corrected chi connectivity index (χ3v) is 12.0. The molecular weight excluding hydrogens is 841 g/mol. The molecule has 0 amide bonds. The molecule has 61 heavy (non-hydrogen) atoms. The van der Waals surface area contributed by atoms with Crippen LogP contribution in [-0.2, 0) is 33.1 Å². The summed E-state index contributed by atoms with van der Waals surface area (Å²) in [6, 6.07) is 21.0. The summed E-state index contributed by atoms with van der Waals surface area (Å²) < 4.78 is 78.3. The maximum Gasteiger partial charge on any atom is 2.00 e. The van der Waals surface area contributed by atoms with E-state index in [0.29, 0.717) is 41.4 Å². The van der Waals surface area contributed by atoms with Crippen LogP contribution in [0.5, 0.6) is 34.5 Å². The van der Waals surface area contributed by atoms with Crippen LogP contribution in [0.15, 0.2) is 94.7 Å². The maximum absolute atomic E-state index is 11.5. The zero-order valence-electron chi connectivity index (χ0n) is 36.3. The topological polar surface area (TPSA) is 173 Å². The maximum atomic E-state index is 11.5. The predicted octanol–water partition coefficient (Wildman–Crippen LogP) is 12.4. The van der Waals surface area contributed by atoms with Gasteiger partial charge in [-0.15, -0.1) is 5.75 Å². The molecule has 0 unspecified atom stereocenters. The SMILES string of the molecule is CCCCCCCCCCCCc1cc(S(=O)(=O)O)ccc1Oc1cccc(O)c1.CCCCCCCCCCCCc1cc(S(=O)(=O)[O-])ccc1Oc1cccc([O-])c1.[Ca+2]. The van der Waals surface area contributed by atoms with Crippen LogP contribution in [0.25, 0.3) is 0 Å². The summed E-state index contributed by atoms with van der Waals surface area (Å²) in [5.74, 6) is 1.80. The van der Waals surface area contributed by atoms with E-state index in [0.717, 1.165) is 44.1 Å². The smallest absolute Gasteiger partial charge is 0.872 e. The second kappa shape index (κ2) is 30.3. The second-order valence-corrected chi connectivity index (χ2v) is 18.3. The van der Waals surface area contributed by atoms with Gasteiger partial charge in [-0.25, -0.2) is 8.42 Å². The van der Waals surface area contributed by atoms with Gasteiger partial charge in [-0.2, -0.15) is 8.42 Å². The fourth-order valence-corrected chi connectivity index (χ4v) is 8.01. The van der Waals surface area contributed by atoms with Crippen molar-refractivity contribution in [2.45, 2.75) is 165 Å². The summed E-state index contributed by atoms with van der Waals surface area (Å²) >= 11 is 0. The van der Waals surface area contributed by atoms with Gasteiger partial charge < -0.3 is 24.2 Å². The normalized spacial score (nSPS) is 11.3. The standard InChI is InChI=1S/2C24H34O5S.Ca/c2*1-2-3-4-5-6-7-8-9-10-11-13-20-18-23(30(26,27)28)16-17-24(20)29-22-15-12-14-21(25)19-22;/h2*12,14-19,25H,2-11,13H2,1H3,(H,26,27,28);/q;;+2/p-2. The first kappa shape index (κ1) is 54.3. The Bertz CT molecular complexity index is 1910. The molecule has 0 bridgehead atoms. The third kappa shape index (κ3) is 22.9. The van der Waals surface area contributed by atoms with Crippen LogP contribution in [0, 0.1) is 0 Å². The number of benzene rings is 4. The molecule has 0 spiro atoms. The second-order valence-electron chi connectivity index (χ2n) is 15.5. The Morgan fingerprint density at radius 2 is 0.902 bits per heavy atom. The predicted molar refractivity (Wildman–Crippen MR) is 242 cm³/mol. The van der Waals surface area contributed by atoms with Crippen LogP contribution in [0.2, 0.25) is 0 Å². The van der Waals surface area contributed by atoms with Crippen molar-refractivity contribution in [3.8, 4) is 34.5 Å². The minimum absolute atomic E-state index is 0. The van der Waals surface area contributed by atoms with Gasteiger partial charge in [0.15, 0.2) is 0 Å². The number of phenols is 1. The number of ether oxygens (including phenoxy) is 2. The first-order chi connectivity index (χ1) is 28.8. The number of unbranched alkanes of at least 4 members (excludes halogenated alkanes) is 18. The van der Waals surface area contributed by atoms with E-state index in [2.05, 4.69) is 13.8 Å². The Balaban J connectivity index is 0.000000413. The Hall–Kier alpha value is -2.84. The van der Waals surface area contributed by atoms with Gasteiger partial charge in [0.2, 0.25) is 0 Å². The van der Waals surface area contributed by atoms with E-state index in [1.54, 1.807) is 36.4 Å². The van der Waals surface area contributed by atoms with Crippen LogP contribution in [-0.4, -0.2) is 68.8 Å². The van der Waals surface area contributed by atoms with Gasteiger partial charge in [0.1, 0.15) is 38.9 Å². The van der Waals surface area contributed by atoms with E-state index in [9.17, 15) is 36.2 Å². The monoisotopic (exact) mass is 906 g/mol.